The summed E-state index contributed by atoms with van der Waals surface area (Å²) in [6, 6.07) is 10.2. The van der Waals surface area contributed by atoms with Crippen LogP contribution in [0.4, 0.5) is 10.5 Å². The number of benzene rings is 1. The second-order valence-electron chi connectivity index (χ2n) is 9.39. The Bertz CT molecular complexity index is 950. The molecule has 0 radical (unpaired) electrons. The number of ether oxygens (including phenoxy) is 1. The minimum absolute atomic E-state index is 0.0373. The van der Waals surface area contributed by atoms with Gasteiger partial charge in [0, 0.05) is 25.6 Å². The van der Waals surface area contributed by atoms with Gasteiger partial charge in [-0.2, -0.15) is 5.10 Å². The smallest absolute Gasteiger partial charge is 0.410 e. The van der Waals surface area contributed by atoms with Crippen LogP contribution < -0.4 is 10.2 Å². The van der Waals surface area contributed by atoms with E-state index in [1.54, 1.807) is 16.0 Å². The molecule has 1 saturated heterocycles. The Morgan fingerprint density at radius 1 is 1.23 bits per heavy atom. The van der Waals surface area contributed by atoms with Gasteiger partial charge in [0.2, 0.25) is 5.91 Å². The number of nitrogens with one attached hydrogen (secondary N) is 1. The van der Waals surface area contributed by atoms with E-state index >= 15 is 0 Å². The van der Waals surface area contributed by atoms with E-state index in [1.807, 2.05) is 50.6 Å². The number of amides is 2. The van der Waals surface area contributed by atoms with Crippen molar-refractivity contribution in [3.63, 3.8) is 0 Å². The number of rotatable bonds is 4. The van der Waals surface area contributed by atoms with Crippen LogP contribution in [0.5, 0.6) is 0 Å². The molecule has 1 unspecified atom stereocenters. The lowest BCUT2D eigenvalue weighted by atomic mass is 10.2. The average Bonchev–Trinajstić information content (AvgIpc) is 3.27. The highest BCUT2D eigenvalue weighted by molar-refractivity contribution is 5.96. The molecule has 1 fully saturated rings. The van der Waals surface area contributed by atoms with E-state index in [0.717, 1.165) is 17.9 Å². The number of nitrogens with zero attached hydrogens (tertiary/aromatic N) is 4. The van der Waals surface area contributed by atoms with Crippen molar-refractivity contribution in [2.45, 2.75) is 71.4 Å². The zero-order chi connectivity index (χ0) is 22.2. The van der Waals surface area contributed by atoms with Gasteiger partial charge in [0.1, 0.15) is 5.60 Å². The van der Waals surface area contributed by atoms with Crippen molar-refractivity contribution in [2.75, 3.05) is 11.4 Å². The first-order valence-corrected chi connectivity index (χ1v) is 10.8. The maximum Gasteiger partial charge on any atom is 0.410 e. The van der Waals surface area contributed by atoms with Crippen LogP contribution in [0.15, 0.2) is 36.5 Å². The predicted molar refractivity (Wildman–Crippen MR) is 118 cm³/mol. The number of hydrogen-bond donors (Lipinski definition) is 1. The largest absolute Gasteiger partial charge is 0.444 e. The molecule has 31 heavy (non-hydrogen) atoms. The third kappa shape index (κ3) is 4.74. The van der Waals surface area contributed by atoms with Crippen LogP contribution in [-0.2, 0) is 29.2 Å². The highest BCUT2D eigenvalue weighted by Crippen LogP contribution is 2.30. The van der Waals surface area contributed by atoms with E-state index in [0.29, 0.717) is 26.1 Å². The molecule has 2 amide bonds. The fourth-order valence-corrected chi connectivity index (χ4v) is 4.11. The summed E-state index contributed by atoms with van der Waals surface area (Å²) in [7, 11) is 0. The summed E-state index contributed by atoms with van der Waals surface area (Å²) < 4.78 is 7.49. The molecule has 1 N–H and O–H groups in total. The third-order valence-electron chi connectivity index (χ3n) is 5.70. The van der Waals surface area contributed by atoms with Gasteiger partial charge >= 0.3 is 6.09 Å². The predicted octanol–water partition coefficient (Wildman–Crippen LogP) is 2.92. The number of hydrogen-bond acceptors (Lipinski definition) is 5. The molecule has 0 saturated carbocycles. The number of carbonyl (C=O) groups excluding carboxylic acids is 2. The van der Waals surface area contributed by atoms with Crippen molar-refractivity contribution in [1.82, 2.24) is 20.0 Å². The molecular weight excluding hydrogens is 394 g/mol. The topological polar surface area (TPSA) is 79.7 Å². The molecule has 0 bridgehead atoms. The van der Waals surface area contributed by atoms with Crippen molar-refractivity contribution >= 4 is 17.7 Å². The summed E-state index contributed by atoms with van der Waals surface area (Å²) in [4.78, 5) is 29.0. The molecule has 3 heterocycles. The van der Waals surface area contributed by atoms with E-state index in [1.165, 1.54) is 5.56 Å². The molecule has 0 spiro atoms. The minimum Gasteiger partial charge on any atom is -0.444 e. The van der Waals surface area contributed by atoms with Gasteiger partial charge in [0.25, 0.3) is 0 Å². The summed E-state index contributed by atoms with van der Waals surface area (Å²) in [6.07, 6.45) is 1.86. The van der Waals surface area contributed by atoms with Crippen LogP contribution >= 0.6 is 0 Å². The molecular formula is C23H31N5O3. The first-order valence-electron chi connectivity index (χ1n) is 10.8. The number of fused-ring (bicyclic) bond motifs is 1. The van der Waals surface area contributed by atoms with Crippen molar-refractivity contribution < 1.29 is 14.3 Å². The SMILES string of the molecule is C[C@H]1Cn2ncc(N3CC(NCc4ccccc4)CC3=O)c2CN1C(=O)OC(C)(C)C. The summed E-state index contributed by atoms with van der Waals surface area (Å²) in [5.41, 5.74) is 2.30. The first kappa shape index (κ1) is 21.4. The molecule has 8 heteroatoms. The number of aromatic nitrogens is 2. The molecule has 2 aliphatic rings. The van der Waals surface area contributed by atoms with Gasteiger partial charge < -0.3 is 15.0 Å². The lowest BCUT2D eigenvalue weighted by Gasteiger charge is -2.36. The number of anilines is 1. The first-order chi connectivity index (χ1) is 14.7. The van der Waals surface area contributed by atoms with Crippen molar-refractivity contribution in [2.24, 2.45) is 0 Å². The molecule has 2 aliphatic heterocycles. The quantitative estimate of drug-likeness (QED) is 0.815. The molecule has 4 rings (SSSR count). The van der Waals surface area contributed by atoms with Crippen LogP contribution in [0.1, 0.15) is 45.4 Å². The highest BCUT2D eigenvalue weighted by Gasteiger charge is 2.37. The van der Waals surface area contributed by atoms with Gasteiger partial charge in [-0.3, -0.25) is 14.4 Å². The molecule has 0 aliphatic carbocycles. The minimum atomic E-state index is -0.556. The monoisotopic (exact) mass is 425 g/mol. The zero-order valence-electron chi connectivity index (χ0n) is 18.7. The third-order valence-corrected chi connectivity index (χ3v) is 5.70. The Balaban J connectivity index is 1.46. The van der Waals surface area contributed by atoms with E-state index < -0.39 is 5.60 Å². The Hall–Kier alpha value is -2.87. The zero-order valence-corrected chi connectivity index (χ0v) is 18.7. The summed E-state index contributed by atoms with van der Waals surface area (Å²) >= 11 is 0. The van der Waals surface area contributed by atoms with Crippen LogP contribution in [0.25, 0.3) is 0 Å². The number of carbonyl (C=O) groups is 2. The van der Waals surface area contributed by atoms with Gasteiger partial charge in [-0.25, -0.2) is 4.79 Å². The Labute approximate surface area is 183 Å². The van der Waals surface area contributed by atoms with E-state index in [4.69, 9.17) is 4.74 Å². The van der Waals surface area contributed by atoms with Crippen molar-refractivity contribution in [3.05, 3.63) is 47.8 Å². The fraction of sp³-hybridized carbons (Fsp3) is 0.522. The standard InChI is InChI=1S/C23H31N5O3/c1-16-13-28-20(15-26(16)22(30)31-23(2,3)4)19(12-25-28)27-14-18(10-21(27)29)24-11-17-8-6-5-7-9-17/h5-9,12,16,18,24H,10-11,13-15H2,1-4H3/t16-,18?/m0/s1. The van der Waals surface area contributed by atoms with Gasteiger partial charge in [-0.05, 0) is 33.3 Å². The molecule has 8 nitrogen and oxygen atoms in total. The molecule has 2 aromatic rings. The molecule has 1 aromatic carbocycles. The Kier molecular flexibility index (Phi) is 5.75. The van der Waals surface area contributed by atoms with Crippen molar-refractivity contribution in [3.8, 4) is 0 Å². The van der Waals surface area contributed by atoms with Gasteiger partial charge in [-0.1, -0.05) is 30.3 Å². The summed E-state index contributed by atoms with van der Waals surface area (Å²) in [5.74, 6) is 0.0730. The lowest BCUT2D eigenvalue weighted by molar-refractivity contribution is -0.117. The average molecular weight is 426 g/mol. The van der Waals surface area contributed by atoms with Crippen molar-refractivity contribution in [1.29, 1.82) is 0 Å². The normalized spacial score (nSPS) is 21.4. The van der Waals surface area contributed by atoms with Crippen LogP contribution in [0.2, 0.25) is 0 Å². The van der Waals surface area contributed by atoms with E-state index in [-0.39, 0.29) is 24.1 Å². The Morgan fingerprint density at radius 3 is 2.68 bits per heavy atom. The van der Waals surface area contributed by atoms with Crippen LogP contribution in [0, 0.1) is 0 Å². The van der Waals surface area contributed by atoms with Gasteiger partial charge in [0.05, 0.1) is 36.7 Å². The maximum atomic E-state index is 12.8. The highest BCUT2D eigenvalue weighted by atomic mass is 16.6. The molecule has 1 aromatic heterocycles. The molecule has 2 atom stereocenters. The Morgan fingerprint density at radius 2 is 1.97 bits per heavy atom. The second kappa shape index (κ2) is 8.34. The van der Waals surface area contributed by atoms with Gasteiger partial charge in [0.15, 0.2) is 0 Å². The second-order valence-corrected chi connectivity index (χ2v) is 9.39. The molecule has 166 valence electrons. The van der Waals surface area contributed by atoms with E-state index in [2.05, 4.69) is 22.5 Å². The van der Waals surface area contributed by atoms with Crippen LogP contribution in [0.3, 0.4) is 0 Å². The van der Waals surface area contributed by atoms with Crippen LogP contribution in [-0.4, -0.2) is 50.9 Å². The summed E-state index contributed by atoms with van der Waals surface area (Å²) in [5, 5.41) is 7.98. The maximum absolute atomic E-state index is 12.8. The summed E-state index contributed by atoms with van der Waals surface area (Å²) in [6.45, 7) is 9.83. The van der Waals surface area contributed by atoms with E-state index in [9.17, 15) is 9.59 Å². The van der Waals surface area contributed by atoms with Gasteiger partial charge in [-0.15, -0.1) is 0 Å². The fourth-order valence-electron chi connectivity index (χ4n) is 4.11. The lowest BCUT2D eigenvalue weighted by Crippen LogP contribution is -2.47.